The standard InChI is InChI=1S/C16H18N2O3S/c1-16(2,15(20)21)8-13(19)17-10-5-6-11-12(7-10)22-14(18-11)9-3-4-9/h5-7,9H,3-4,8H2,1-2H3,(H,17,19)(H,20,21). The molecular formula is C16H18N2O3S. The molecule has 1 aliphatic rings. The van der Waals surface area contributed by atoms with Crippen molar-refractivity contribution in [2.24, 2.45) is 5.41 Å². The molecule has 0 saturated heterocycles. The van der Waals surface area contributed by atoms with Crippen molar-refractivity contribution in [1.29, 1.82) is 0 Å². The number of hydrogen-bond acceptors (Lipinski definition) is 4. The molecule has 0 unspecified atom stereocenters. The average Bonchev–Trinajstić information content (AvgIpc) is 3.18. The van der Waals surface area contributed by atoms with Gasteiger partial charge in [-0.05, 0) is 44.9 Å². The number of aliphatic carboxylic acids is 1. The lowest BCUT2D eigenvalue weighted by Crippen LogP contribution is -2.29. The van der Waals surface area contributed by atoms with Crippen LogP contribution in [0.25, 0.3) is 10.2 Å². The van der Waals surface area contributed by atoms with Gasteiger partial charge in [0.25, 0.3) is 0 Å². The number of nitrogens with one attached hydrogen (secondary N) is 1. The van der Waals surface area contributed by atoms with Gasteiger partial charge in [-0.15, -0.1) is 11.3 Å². The Morgan fingerprint density at radius 1 is 1.41 bits per heavy atom. The molecule has 0 radical (unpaired) electrons. The van der Waals surface area contributed by atoms with Crippen LogP contribution < -0.4 is 5.32 Å². The molecule has 0 bridgehead atoms. The van der Waals surface area contributed by atoms with Crippen molar-refractivity contribution >= 4 is 39.1 Å². The van der Waals surface area contributed by atoms with Gasteiger partial charge in [0.05, 0.1) is 20.6 Å². The lowest BCUT2D eigenvalue weighted by molar-refractivity contribution is -0.148. The molecule has 0 spiro atoms. The molecule has 1 aliphatic carbocycles. The molecule has 1 aromatic carbocycles. The number of thiazole rings is 1. The van der Waals surface area contributed by atoms with E-state index in [-0.39, 0.29) is 12.3 Å². The summed E-state index contributed by atoms with van der Waals surface area (Å²) in [5, 5.41) is 13.0. The lowest BCUT2D eigenvalue weighted by Gasteiger charge is -2.18. The highest BCUT2D eigenvalue weighted by atomic mass is 32.1. The fourth-order valence-corrected chi connectivity index (χ4v) is 3.38. The largest absolute Gasteiger partial charge is 0.481 e. The Hall–Kier alpha value is -1.95. The van der Waals surface area contributed by atoms with E-state index in [0.29, 0.717) is 11.6 Å². The molecule has 1 saturated carbocycles. The minimum atomic E-state index is -1.07. The zero-order chi connectivity index (χ0) is 15.9. The van der Waals surface area contributed by atoms with Crippen molar-refractivity contribution in [2.75, 3.05) is 5.32 Å². The van der Waals surface area contributed by atoms with Crippen molar-refractivity contribution in [2.45, 2.75) is 39.0 Å². The first kappa shape index (κ1) is 15.0. The van der Waals surface area contributed by atoms with Crippen LogP contribution in [0.4, 0.5) is 5.69 Å². The highest BCUT2D eigenvalue weighted by Gasteiger charge is 2.30. The van der Waals surface area contributed by atoms with E-state index in [2.05, 4.69) is 10.3 Å². The van der Waals surface area contributed by atoms with Crippen molar-refractivity contribution in [1.82, 2.24) is 4.98 Å². The summed E-state index contributed by atoms with van der Waals surface area (Å²) >= 11 is 1.67. The van der Waals surface area contributed by atoms with Gasteiger partial charge in [-0.25, -0.2) is 4.98 Å². The average molecular weight is 318 g/mol. The van der Waals surface area contributed by atoms with Gasteiger partial charge in [0.2, 0.25) is 5.91 Å². The molecule has 22 heavy (non-hydrogen) atoms. The third kappa shape index (κ3) is 3.11. The molecule has 6 heteroatoms. The van der Waals surface area contributed by atoms with Crippen molar-refractivity contribution in [3.05, 3.63) is 23.2 Å². The topological polar surface area (TPSA) is 79.3 Å². The highest BCUT2D eigenvalue weighted by Crippen LogP contribution is 2.43. The minimum Gasteiger partial charge on any atom is -0.481 e. The highest BCUT2D eigenvalue weighted by molar-refractivity contribution is 7.18. The van der Waals surface area contributed by atoms with Crippen LogP contribution in [0, 0.1) is 5.41 Å². The van der Waals surface area contributed by atoms with Crippen molar-refractivity contribution < 1.29 is 14.7 Å². The summed E-state index contributed by atoms with van der Waals surface area (Å²) in [6.45, 7) is 3.09. The molecule has 0 aliphatic heterocycles. The summed E-state index contributed by atoms with van der Waals surface area (Å²) in [4.78, 5) is 27.7. The van der Waals surface area contributed by atoms with E-state index in [0.717, 1.165) is 10.2 Å². The Balaban J connectivity index is 1.73. The molecule has 5 nitrogen and oxygen atoms in total. The predicted molar refractivity (Wildman–Crippen MR) is 86.3 cm³/mol. The third-order valence-corrected chi connectivity index (χ3v) is 4.98. The summed E-state index contributed by atoms with van der Waals surface area (Å²) in [6, 6.07) is 5.62. The van der Waals surface area contributed by atoms with E-state index >= 15 is 0 Å². The number of aromatic nitrogens is 1. The number of rotatable bonds is 5. The van der Waals surface area contributed by atoms with Gasteiger partial charge in [0.15, 0.2) is 0 Å². The summed E-state index contributed by atoms with van der Waals surface area (Å²) in [5.74, 6) is -0.653. The van der Waals surface area contributed by atoms with Gasteiger partial charge in [-0.3, -0.25) is 9.59 Å². The van der Waals surface area contributed by atoms with E-state index in [4.69, 9.17) is 5.11 Å². The number of carboxylic acid groups (broad SMARTS) is 1. The van der Waals surface area contributed by atoms with E-state index < -0.39 is 11.4 Å². The lowest BCUT2D eigenvalue weighted by atomic mass is 9.89. The number of fused-ring (bicyclic) bond motifs is 1. The quantitative estimate of drug-likeness (QED) is 0.882. The van der Waals surface area contributed by atoms with Crippen LogP contribution in [0.2, 0.25) is 0 Å². The summed E-state index contributed by atoms with van der Waals surface area (Å²) in [5.41, 5.74) is 0.568. The van der Waals surface area contributed by atoms with Crippen molar-refractivity contribution in [3.8, 4) is 0 Å². The fraction of sp³-hybridized carbons (Fsp3) is 0.438. The van der Waals surface area contributed by atoms with Crippen LogP contribution in [-0.2, 0) is 9.59 Å². The number of nitrogens with zero attached hydrogens (tertiary/aromatic N) is 1. The second kappa shape index (κ2) is 5.35. The third-order valence-electron chi connectivity index (χ3n) is 3.80. The monoisotopic (exact) mass is 318 g/mol. The van der Waals surface area contributed by atoms with E-state index in [9.17, 15) is 9.59 Å². The Labute approximate surface area is 132 Å². The van der Waals surface area contributed by atoms with Crippen LogP contribution in [0.5, 0.6) is 0 Å². The molecule has 1 heterocycles. The maximum absolute atomic E-state index is 12.0. The Kier molecular flexibility index (Phi) is 3.64. The van der Waals surface area contributed by atoms with Crippen LogP contribution in [-0.4, -0.2) is 22.0 Å². The van der Waals surface area contributed by atoms with E-state index in [1.807, 2.05) is 18.2 Å². The minimum absolute atomic E-state index is 0.0591. The van der Waals surface area contributed by atoms with Crippen LogP contribution in [0.3, 0.4) is 0 Å². The molecule has 2 N–H and O–H groups in total. The zero-order valence-corrected chi connectivity index (χ0v) is 13.4. The molecule has 3 rings (SSSR count). The second-order valence-corrected chi connectivity index (χ2v) is 7.49. The molecule has 2 aromatic rings. The number of carboxylic acids is 1. The van der Waals surface area contributed by atoms with Gasteiger partial charge >= 0.3 is 5.97 Å². The molecule has 0 atom stereocenters. The van der Waals surface area contributed by atoms with Crippen LogP contribution in [0.1, 0.15) is 44.0 Å². The van der Waals surface area contributed by atoms with Gasteiger partial charge in [0.1, 0.15) is 0 Å². The summed E-state index contributed by atoms with van der Waals surface area (Å²) in [6.07, 6.45) is 2.37. The normalized spacial score (nSPS) is 15.0. The first-order valence-electron chi connectivity index (χ1n) is 7.29. The van der Waals surface area contributed by atoms with Gasteiger partial charge in [0, 0.05) is 18.0 Å². The fourth-order valence-electron chi connectivity index (χ4n) is 2.21. The molecule has 1 fully saturated rings. The van der Waals surface area contributed by atoms with Gasteiger partial charge in [-0.2, -0.15) is 0 Å². The SMILES string of the molecule is CC(C)(CC(=O)Nc1ccc2nc(C3CC3)sc2c1)C(=O)O. The molecule has 1 aromatic heterocycles. The number of carbonyl (C=O) groups is 2. The predicted octanol–water partition coefficient (Wildman–Crippen LogP) is 3.61. The smallest absolute Gasteiger partial charge is 0.309 e. The number of carbonyl (C=O) groups excluding carboxylic acids is 1. The first-order valence-corrected chi connectivity index (χ1v) is 8.10. The summed E-state index contributed by atoms with van der Waals surface area (Å²) < 4.78 is 1.05. The number of anilines is 1. The van der Waals surface area contributed by atoms with E-state index in [1.54, 1.807) is 25.2 Å². The Morgan fingerprint density at radius 2 is 2.14 bits per heavy atom. The number of benzene rings is 1. The van der Waals surface area contributed by atoms with Gasteiger partial charge in [-0.1, -0.05) is 0 Å². The van der Waals surface area contributed by atoms with E-state index in [1.165, 1.54) is 17.8 Å². The van der Waals surface area contributed by atoms with Crippen molar-refractivity contribution in [3.63, 3.8) is 0 Å². The zero-order valence-electron chi connectivity index (χ0n) is 12.5. The van der Waals surface area contributed by atoms with Crippen LogP contribution >= 0.6 is 11.3 Å². The van der Waals surface area contributed by atoms with Gasteiger partial charge < -0.3 is 10.4 Å². The molecular weight excluding hydrogens is 300 g/mol. The Bertz CT molecular complexity index is 747. The molecule has 1 amide bonds. The maximum atomic E-state index is 12.0. The number of amides is 1. The number of hydrogen-bond donors (Lipinski definition) is 2. The maximum Gasteiger partial charge on any atom is 0.309 e. The summed E-state index contributed by atoms with van der Waals surface area (Å²) in [7, 11) is 0. The first-order chi connectivity index (χ1) is 10.3. The van der Waals surface area contributed by atoms with Crippen LogP contribution in [0.15, 0.2) is 18.2 Å². The molecule has 116 valence electrons. The second-order valence-electron chi connectivity index (χ2n) is 6.42. The Morgan fingerprint density at radius 3 is 2.77 bits per heavy atom.